The van der Waals surface area contributed by atoms with Gasteiger partial charge in [-0.25, -0.2) is 0 Å². The molecule has 0 saturated carbocycles. The lowest BCUT2D eigenvalue weighted by molar-refractivity contribution is 0.153. The van der Waals surface area contributed by atoms with Crippen LogP contribution in [-0.2, 0) is 0 Å². The first-order valence-corrected chi connectivity index (χ1v) is 7.80. The number of benzene rings is 1. The molecule has 0 spiro atoms. The van der Waals surface area contributed by atoms with E-state index in [1.54, 1.807) is 0 Å². The van der Waals surface area contributed by atoms with Gasteiger partial charge in [0.25, 0.3) is 0 Å². The van der Waals surface area contributed by atoms with Crippen molar-refractivity contribution in [3.8, 4) is 0 Å². The van der Waals surface area contributed by atoms with Gasteiger partial charge in [0.05, 0.1) is 0 Å². The third-order valence-corrected chi connectivity index (χ3v) is 4.47. The second kappa shape index (κ2) is 6.94. The third-order valence-electron chi connectivity index (χ3n) is 3.89. The molecule has 0 bridgehead atoms. The Kier molecular flexibility index (Phi) is 5.52. The molecule has 19 heavy (non-hydrogen) atoms. The van der Waals surface area contributed by atoms with Gasteiger partial charge in [0.2, 0.25) is 0 Å². The molecule has 2 rings (SSSR count). The van der Waals surface area contributed by atoms with Gasteiger partial charge in [-0.3, -0.25) is 4.90 Å². The lowest BCUT2D eigenvalue weighted by Gasteiger charge is -2.34. The lowest BCUT2D eigenvalue weighted by Crippen LogP contribution is -2.39. The highest BCUT2D eigenvalue weighted by molar-refractivity contribution is 6.33. The summed E-state index contributed by atoms with van der Waals surface area (Å²) in [6, 6.07) is 6.65. The second-order valence-electron chi connectivity index (χ2n) is 5.23. The van der Waals surface area contributed by atoms with Crippen LogP contribution < -0.4 is 5.32 Å². The lowest BCUT2D eigenvalue weighted by atomic mass is 10.0. The van der Waals surface area contributed by atoms with Gasteiger partial charge in [-0.05, 0) is 56.6 Å². The van der Waals surface area contributed by atoms with E-state index in [-0.39, 0.29) is 0 Å². The smallest absolute Gasteiger partial charge is 0.0454 e. The molecule has 1 heterocycles. The molecule has 1 aromatic rings. The second-order valence-corrected chi connectivity index (χ2v) is 6.07. The maximum absolute atomic E-state index is 6.34. The summed E-state index contributed by atoms with van der Waals surface area (Å²) in [7, 11) is 0. The molecule has 0 radical (unpaired) electrons. The number of nitrogens with zero attached hydrogens (tertiary/aromatic N) is 1. The van der Waals surface area contributed by atoms with Crippen LogP contribution in [0.2, 0.25) is 10.0 Å². The van der Waals surface area contributed by atoms with Crippen LogP contribution in [0.5, 0.6) is 0 Å². The van der Waals surface area contributed by atoms with Gasteiger partial charge in [-0.1, -0.05) is 30.1 Å². The van der Waals surface area contributed by atoms with Crippen molar-refractivity contribution in [1.82, 2.24) is 10.2 Å². The maximum Gasteiger partial charge on any atom is 0.0454 e. The molecule has 1 N–H and O–H groups in total. The summed E-state index contributed by atoms with van der Waals surface area (Å²) in [6.07, 6.45) is 2.36. The molecule has 0 aromatic heterocycles. The molecule has 2 atom stereocenters. The Balaban J connectivity index is 2.22. The van der Waals surface area contributed by atoms with Crippen molar-refractivity contribution in [3.63, 3.8) is 0 Å². The Hall–Kier alpha value is -0.280. The van der Waals surface area contributed by atoms with Crippen LogP contribution in [0, 0.1) is 0 Å². The van der Waals surface area contributed by atoms with E-state index in [4.69, 9.17) is 23.2 Å². The molecular weight excluding hydrogens is 279 g/mol. The standard InChI is InChI=1S/C15H22Cl2N2/c1-3-8-19(13-6-7-18-10-13)11(2)14-9-12(16)4-5-15(14)17/h4-5,9,11,13,18H,3,6-8,10H2,1-2H3. The average Bonchev–Trinajstić information content (AvgIpc) is 2.92. The number of rotatable bonds is 5. The fourth-order valence-corrected chi connectivity index (χ4v) is 3.34. The number of halogens is 2. The van der Waals surface area contributed by atoms with E-state index in [2.05, 4.69) is 24.1 Å². The molecule has 106 valence electrons. The summed E-state index contributed by atoms with van der Waals surface area (Å²) >= 11 is 12.5. The molecule has 1 fully saturated rings. The first kappa shape index (κ1) is 15.1. The van der Waals surface area contributed by atoms with Gasteiger partial charge in [0.15, 0.2) is 0 Å². The molecule has 4 heteroatoms. The topological polar surface area (TPSA) is 15.3 Å². The highest BCUT2D eigenvalue weighted by Gasteiger charge is 2.27. The molecule has 1 saturated heterocycles. The minimum absolute atomic E-state index is 0.302. The van der Waals surface area contributed by atoms with Crippen molar-refractivity contribution in [3.05, 3.63) is 33.8 Å². The van der Waals surface area contributed by atoms with Crippen LogP contribution in [0.3, 0.4) is 0 Å². The van der Waals surface area contributed by atoms with Crippen LogP contribution >= 0.6 is 23.2 Å². The SMILES string of the molecule is CCCN(C1CCNC1)C(C)c1cc(Cl)ccc1Cl. The Labute approximate surface area is 126 Å². The summed E-state index contributed by atoms with van der Waals surface area (Å²) in [5.74, 6) is 0. The van der Waals surface area contributed by atoms with Gasteiger partial charge in [0, 0.05) is 28.7 Å². The van der Waals surface area contributed by atoms with E-state index >= 15 is 0 Å². The first-order valence-electron chi connectivity index (χ1n) is 7.05. The Morgan fingerprint density at radius 3 is 2.84 bits per heavy atom. The number of nitrogens with one attached hydrogen (secondary N) is 1. The predicted octanol–water partition coefficient (Wildman–Crippen LogP) is 4.13. The molecule has 0 amide bonds. The van der Waals surface area contributed by atoms with Crippen molar-refractivity contribution in [2.75, 3.05) is 19.6 Å². The minimum atomic E-state index is 0.302. The van der Waals surface area contributed by atoms with Gasteiger partial charge < -0.3 is 5.32 Å². The minimum Gasteiger partial charge on any atom is -0.315 e. The van der Waals surface area contributed by atoms with Crippen LogP contribution in [0.15, 0.2) is 18.2 Å². The molecule has 1 aromatic carbocycles. The Morgan fingerprint density at radius 1 is 1.42 bits per heavy atom. The van der Waals surface area contributed by atoms with Gasteiger partial charge in [-0.2, -0.15) is 0 Å². The summed E-state index contributed by atoms with van der Waals surface area (Å²) in [5, 5.41) is 5.01. The van der Waals surface area contributed by atoms with E-state index in [0.29, 0.717) is 12.1 Å². The monoisotopic (exact) mass is 300 g/mol. The fraction of sp³-hybridized carbons (Fsp3) is 0.600. The van der Waals surface area contributed by atoms with Gasteiger partial charge in [-0.15, -0.1) is 0 Å². The third kappa shape index (κ3) is 3.63. The fourth-order valence-electron chi connectivity index (χ4n) is 2.89. The molecule has 1 aliphatic rings. The largest absolute Gasteiger partial charge is 0.315 e. The first-order chi connectivity index (χ1) is 9.13. The molecule has 1 aliphatic heterocycles. The van der Waals surface area contributed by atoms with Crippen molar-refractivity contribution in [2.45, 2.75) is 38.8 Å². The molecular formula is C15H22Cl2N2. The Bertz CT molecular complexity index is 417. The van der Waals surface area contributed by atoms with E-state index in [1.165, 1.54) is 6.42 Å². The van der Waals surface area contributed by atoms with Crippen molar-refractivity contribution < 1.29 is 0 Å². The Morgan fingerprint density at radius 2 is 2.21 bits per heavy atom. The number of hydrogen-bond acceptors (Lipinski definition) is 2. The van der Waals surface area contributed by atoms with Crippen molar-refractivity contribution in [2.24, 2.45) is 0 Å². The van der Waals surface area contributed by atoms with Crippen LogP contribution in [0.1, 0.15) is 38.3 Å². The maximum atomic E-state index is 6.34. The normalized spacial score (nSPS) is 21.0. The van der Waals surface area contributed by atoms with E-state index in [0.717, 1.165) is 41.7 Å². The van der Waals surface area contributed by atoms with Crippen LogP contribution in [0.4, 0.5) is 0 Å². The van der Waals surface area contributed by atoms with E-state index in [9.17, 15) is 0 Å². The quantitative estimate of drug-likeness (QED) is 0.879. The van der Waals surface area contributed by atoms with Crippen molar-refractivity contribution >= 4 is 23.2 Å². The molecule has 2 unspecified atom stereocenters. The van der Waals surface area contributed by atoms with E-state index in [1.807, 2.05) is 18.2 Å². The average molecular weight is 301 g/mol. The molecule has 2 nitrogen and oxygen atoms in total. The zero-order valence-corrected chi connectivity index (χ0v) is 13.1. The predicted molar refractivity (Wildman–Crippen MR) is 83.1 cm³/mol. The summed E-state index contributed by atoms with van der Waals surface area (Å²) in [6.45, 7) is 7.73. The summed E-state index contributed by atoms with van der Waals surface area (Å²) < 4.78 is 0. The highest BCUT2D eigenvalue weighted by atomic mass is 35.5. The highest BCUT2D eigenvalue weighted by Crippen LogP contribution is 2.32. The number of hydrogen-bond donors (Lipinski definition) is 1. The van der Waals surface area contributed by atoms with E-state index < -0.39 is 0 Å². The van der Waals surface area contributed by atoms with Crippen LogP contribution in [-0.4, -0.2) is 30.6 Å². The van der Waals surface area contributed by atoms with Gasteiger partial charge >= 0.3 is 0 Å². The van der Waals surface area contributed by atoms with Gasteiger partial charge in [0.1, 0.15) is 0 Å². The van der Waals surface area contributed by atoms with Crippen molar-refractivity contribution in [1.29, 1.82) is 0 Å². The summed E-state index contributed by atoms with van der Waals surface area (Å²) in [5.41, 5.74) is 1.13. The zero-order valence-electron chi connectivity index (χ0n) is 11.6. The molecule has 0 aliphatic carbocycles. The zero-order chi connectivity index (χ0) is 13.8. The van der Waals surface area contributed by atoms with Crippen LogP contribution in [0.25, 0.3) is 0 Å². The summed E-state index contributed by atoms with van der Waals surface area (Å²) in [4.78, 5) is 2.55.